The summed E-state index contributed by atoms with van der Waals surface area (Å²) >= 11 is 1.65. The molecule has 0 radical (unpaired) electrons. The van der Waals surface area contributed by atoms with E-state index >= 15 is 0 Å². The SMILES string of the molecule is CC(C)CCNC(=O)COC(=O)C1(Cc2nc3ccccc3s2)CCCCC1. The molecule has 0 saturated heterocycles. The third kappa shape index (κ3) is 5.31. The zero-order chi connectivity index (χ0) is 20.0. The summed E-state index contributed by atoms with van der Waals surface area (Å²) in [4.78, 5) is 29.7. The smallest absolute Gasteiger partial charge is 0.313 e. The van der Waals surface area contributed by atoms with E-state index in [1.165, 1.54) is 0 Å². The number of fused-ring (bicyclic) bond motifs is 1. The predicted molar refractivity (Wildman–Crippen MR) is 112 cm³/mol. The van der Waals surface area contributed by atoms with Gasteiger partial charge in [0, 0.05) is 13.0 Å². The predicted octanol–water partition coefficient (Wildman–Crippen LogP) is 4.49. The number of esters is 1. The number of rotatable bonds is 8. The van der Waals surface area contributed by atoms with Crippen LogP contribution in [0.2, 0.25) is 0 Å². The van der Waals surface area contributed by atoms with E-state index in [0.717, 1.165) is 53.7 Å². The van der Waals surface area contributed by atoms with Gasteiger partial charge in [-0.2, -0.15) is 0 Å². The third-order valence-electron chi connectivity index (χ3n) is 5.45. The fourth-order valence-electron chi connectivity index (χ4n) is 3.80. The monoisotopic (exact) mass is 402 g/mol. The molecule has 2 aromatic rings. The summed E-state index contributed by atoms with van der Waals surface area (Å²) in [5.41, 5.74) is 0.427. The van der Waals surface area contributed by atoms with Gasteiger partial charge in [0.1, 0.15) is 0 Å². The van der Waals surface area contributed by atoms with Gasteiger partial charge < -0.3 is 10.1 Å². The highest BCUT2D eigenvalue weighted by Gasteiger charge is 2.42. The summed E-state index contributed by atoms with van der Waals surface area (Å²) in [6.07, 6.45) is 6.29. The summed E-state index contributed by atoms with van der Waals surface area (Å²) in [5, 5.41) is 3.80. The first-order valence-electron chi connectivity index (χ1n) is 10.3. The molecule has 1 amide bonds. The van der Waals surface area contributed by atoms with Crippen LogP contribution in [-0.2, 0) is 20.7 Å². The van der Waals surface area contributed by atoms with Gasteiger partial charge in [-0.25, -0.2) is 4.98 Å². The van der Waals surface area contributed by atoms with Crippen LogP contribution in [0.1, 0.15) is 57.4 Å². The fraction of sp³-hybridized carbons (Fsp3) is 0.591. The van der Waals surface area contributed by atoms with Gasteiger partial charge in [0.2, 0.25) is 0 Å². The highest BCUT2D eigenvalue weighted by atomic mass is 32.1. The van der Waals surface area contributed by atoms with Crippen molar-refractivity contribution in [3.8, 4) is 0 Å². The van der Waals surface area contributed by atoms with Crippen LogP contribution in [0.3, 0.4) is 0 Å². The molecule has 1 heterocycles. The van der Waals surface area contributed by atoms with E-state index < -0.39 is 5.41 Å². The Hall–Kier alpha value is -1.95. The number of para-hydroxylation sites is 1. The molecule has 1 saturated carbocycles. The number of benzene rings is 1. The van der Waals surface area contributed by atoms with Crippen molar-refractivity contribution in [2.45, 2.75) is 58.8 Å². The van der Waals surface area contributed by atoms with E-state index in [-0.39, 0.29) is 18.5 Å². The lowest BCUT2D eigenvalue weighted by Crippen LogP contribution is -2.39. The number of nitrogens with zero attached hydrogens (tertiary/aromatic N) is 1. The fourth-order valence-corrected chi connectivity index (χ4v) is 4.91. The molecule has 0 atom stereocenters. The summed E-state index contributed by atoms with van der Waals surface area (Å²) < 4.78 is 6.62. The van der Waals surface area contributed by atoms with Crippen molar-refractivity contribution in [1.29, 1.82) is 0 Å². The first-order valence-corrected chi connectivity index (χ1v) is 11.1. The van der Waals surface area contributed by atoms with Crippen molar-refractivity contribution in [2.75, 3.05) is 13.2 Å². The van der Waals surface area contributed by atoms with Gasteiger partial charge >= 0.3 is 5.97 Å². The maximum Gasteiger partial charge on any atom is 0.313 e. The van der Waals surface area contributed by atoms with Crippen LogP contribution in [0.5, 0.6) is 0 Å². The number of hydrogen-bond donors (Lipinski definition) is 1. The second-order valence-corrected chi connectivity index (χ2v) is 9.32. The van der Waals surface area contributed by atoms with Crippen molar-refractivity contribution in [3.63, 3.8) is 0 Å². The average molecular weight is 403 g/mol. The van der Waals surface area contributed by atoms with Crippen LogP contribution in [0.25, 0.3) is 10.2 Å². The molecule has 1 N–H and O–H groups in total. The zero-order valence-electron chi connectivity index (χ0n) is 16.8. The van der Waals surface area contributed by atoms with E-state index in [4.69, 9.17) is 9.72 Å². The van der Waals surface area contributed by atoms with Crippen molar-refractivity contribution < 1.29 is 14.3 Å². The van der Waals surface area contributed by atoms with Gasteiger partial charge in [0.15, 0.2) is 6.61 Å². The summed E-state index contributed by atoms with van der Waals surface area (Å²) in [7, 11) is 0. The molecule has 5 nitrogen and oxygen atoms in total. The molecule has 152 valence electrons. The van der Waals surface area contributed by atoms with Crippen molar-refractivity contribution in [1.82, 2.24) is 10.3 Å². The van der Waals surface area contributed by atoms with Crippen molar-refractivity contribution in [3.05, 3.63) is 29.3 Å². The third-order valence-corrected chi connectivity index (χ3v) is 6.49. The number of aromatic nitrogens is 1. The lowest BCUT2D eigenvalue weighted by atomic mass is 9.72. The minimum Gasteiger partial charge on any atom is -0.455 e. The normalized spacial score (nSPS) is 16.2. The standard InChI is InChI=1S/C22H30N2O3S/c1-16(2)10-13-23-19(25)15-27-21(26)22(11-6-3-7-12-22)14-20-24-17-8-4-5-9-18(17)28-20/h4-5,8-9,16H,3,6-7,10-15H2,1-2H3,(H,23,25). The van der Waals surface area contributed by atoms with Gasteiger partial charge in [-0.15, -0.1) is 11.3 Å². The Morgan fingerprint density at radius 2 is 1.96 bits per heavy atom. The molecule has 28 heavy (non-hydrogen) atoms. The van der Waals surface area contributed by atoms with E-state index in [2.05, 4.69) is 25.2 Å². The Balaban J connectivity index is 1.63. The second-order valence-electron chi connectivity index (χ2n) is 8.20. The number of hydrogen-bond acceptors (Lipinski definition) is 5. The molecule has 1 aliphatic carbocycles. The summed E-state index contributed by atoms with van der Waals surface area (Å²) in [6, 6.07) is 8.05. The summed E-state index contributed by atoms with van der Waals surface area (Å²) in [5.74, 6) is 0.0626. The van der Waals surface area contributed by atoms with Crippen LogP contribution in [0.4, 0.5) is 0 Å². The van der Waals surface area contributed by atoms with Crippen molar-refractivity contribution >= 4 is 33.4 Å². The maximum atomic E-state index is 13.0. The number of nitrogens with one attached hydrogen (secondary N) is 1. The molecular weight excluding hydrogens is 372 g/mol. The Morgan fingerprint density at radius 3 is 2.68 bits per heavy atom. The maximum absolute atomic E-state index is 13.0. The van der Waals surface area contributed by atoms with Gasteiger partial charge in [0.05, 0.1) is 20.6 Å². The van der Waals surface area contributed by atoms with Gasteiger partial charge in [-0.1, -0.05) is 45.2 Å². The zero-order valence-corrected chi connectivity index (χ0v) is 17.6. The molecule has 1 aromatic carbocycles. The Labute approximate surface area is 170 Å². The van der Waals surface area contributed by atoms with E-state index in [1.54, 1.807) is 11.3 Å². The summed E-state index contributed by atoms with van der Waals surface area (Å²) in [6.45, 7) is 4.64. The Kier molecular flexibility index (Phi) is 7.05. The lowest BCUT2D eigenvalue weighted by molar-refractivity contribution is -0.161. The minimum absolute atomic E-state index is 0.196. The van der Waals surface area contributed by atoms with Gasteiger partial charge in [-0.05, 0) is 37.3 Å². The minimum atomic E-state index is -0.551. The number of amides is 1. The molecule has 0 aliphatic heterocycles. The number of ether oxygens (including phenoxy) is 1. The van der Waals surface area contributed by atoms with Crippen LogP contribution in [-0.4, -0.2) is 30.0 Å². The van der Waals surface area contributed by atoms with Gasteiger partial charge in [0.25, 0.3) is 5.91 Å². The highest BCUT2D eigenvalue weighted by Crippen LogP contribution is 2.41. The Bertz CT molecular complexity index is 776. The quantitative estimate of drug-likeness (QED) is 0.660. The topological polar surface area (TPSA) is 68.3 Å². The first-order chi connectivity index (χ1) is 13.5. The first kappa shape index (κ1) is 20.8. The van der Waals surface area contributed by atoms with Crippen LogP contribution in [0, 0.1) is 11.3 Å². The van der Waals surface area contributed by atoms with Crippen LogP contribution >= 0.6 is 11.3 Å². The Morgan fingerprint density at radius 1 is 1.21 bits per heavy atom. The van der Waals surface area contributed by atoms with E-state index in [1.807, 2.05) is 18.2 Å². The molecule has 0 unspecified atom stereocenters. The van der Waals surface area contributed by atoms with Crippen molar-refractivity contribution in [2.24, 2.45) is 11.3 Å². The highest BCUT2D eigenvalue weighted by molar-refractivity contribution is 7.18. The molecule has 3 rings (SSSR count). The molecule has 0 spiro atoms. The molecule has 1 aromatic heterocycles. The van der Waals surface area contributed by atoms with Gasteiger partial charge in [-0.3, -0.25) is 9.59 Å². The molecule has 1 fully saturated rings. The lowest BCUT2D eigenvalue weighted by Gasteiger charge is -2.34. The van der Waals surface area contributed by atoms with E-state index in [0.29, 0.717) is 18.9 Å². The molecule has 6 heteroatoms. The second kappa shape index (κ2) is 9.50. The molecule has 0 bridgehead atoms. The van der Waals surface area contributed by atoms with E-state index in [9.17, 15) is 9.59 Å². The number of carbonyl (C=O) groups is 2. The number of carbonyl (C=O) groups excluding carboxylic acids is 2. The number of thiazole rings is 1. The largest absolute Gasteiger partial charge is 0.455 e. The average Bonchev–Trinajstić information content (AvgIpc) is 3.08. The van der Waals surface area contributed by atoms with Crippen LogP contribution < -0.4 is 5.32 Å². The van der Waals surface area contributed by atoms with Crippen LogP contribution in [0.15, 0.2) is 24.3 Å². The molecular formula is C22H30N2O3S. The molecule has 1 aliphatic rings.